The topological polar surface area (TPSA) is 58.2 Å². The highest BCUT2D eigenvalue weighted by atomic mass is 32.1. The van der Waals surface area contributed by atoms with Gasteiger partial charge in [0.25, 0.3) is 5.91 Å². The molecular weight excluding hydrogens is 284 g/mol. The first-order valence-corrected chi connectivity index (χ1v) is 8.63. The van der Waals surface area contributed by atoms with Crippen molar-refractivity contribution in [2.75, 3.05) is 6.54 Å². The summed E-state index contributed by atoms with van der Waals surface area (Å²) in [5, 5.41) is 5.58. The molecule has 0 spiro atoms. The second-order valence-electron chi connectivity index (χ2n) is 5.61. The standard InChI is InChI=1S/C16H24N2O2S/c1-3-9-17-15(19)11(2)18-16(20)14-10-12-7-5-4-6-8-13(12)21-14/h10-11H,3-9H2,1-2H3,(H,17,19)(H,18,20)/t11-/m1/s1. The van der Waals surface area contributed by atoms with Crippen molar-refractivity contribution in [2.45, 2.75) is 58.4 Å². The van der Waals surface area contributed by atoms with Crippen LogP contribution in [0.25, 0.3) is 0 Å². The lowest BCUT2D eigenvalue weighted by Gasteiger charge is -2.13. The molecule has 0 saturated heterocycles. The average Bonchev–Trinajstić information content (AvgIpc) is 2.76. The van der Waals surface area contributed by atoms with Crippen LogP contribution in [-0.2, 0) is 17.6 Å². The van der Waals surface area contributed by atoms with E-state index in [1.54, 1.807) is 18.3 Å². The molecule has 1 aromatic heterocycles. The van der Waals surface area contributed by atoms with Crippen molar-refractivity contribution in [1.82, 2.24) is 10.6 Å². The van der Waals surface area contributed by atoms with Gasteiger partial charge < -0.3 is 10.6 Å². The van der Waals surface area contributed by atoms with E-state index in [1.807, 2.05) is 13.0 Å². The van der Waals surface area contributed by atoms with Crippen LogP contribution in [-0.4, -0.2) is 24.4 Å². The molecule has 5 heteroatoms. The smallest absolute Gasteiger partial charge is 0.262 e. The van der Waals surface area contributed by atoms with Gasteiger partial charge in [-0.05, 0) is 50.7 Å². The maximum atomic E-state index is 12.3. The number of fused-ring (bicyclic) bond motifs is 1. The Morgan fingerprint density at radius 2 is 2.05 bits per heavy atom. The fraction of sp³-hybridized carbons (Fsp3) is 0.625. The summed E-state index contributed by atoms with van der Waals surface area (Å²) >= 11 is 1.58. The lowest BCUT2D eigenvalue weighted by molar-refractivity contribution is -0.122. The predicted octanol–water partition coefficient (Wildman–Crippen LogP) is 2.66. The van der Waals surface area contributed by atoms with Crippen LogP contribution < -0.4 is 10.6 Å². The van der Waals surface area contributed by atoms with Crippen LogP contribution in [0.3, 0.4) is 0 Å². The van der Waals surface area contributed by atoms with Gasteiger partial charge in [-0.1, -0.05) is 13.3 Å². The molecule has 1 heterocycles. The first-order valence-electron chi connectivity index (χ1n) is 7.82. The number of carbonyl (C=O) groups is 2. The number of rotatable bonds is 5. The molecule has 0 radical (unpaired) electrons. The molecule has 1 aliphatic rings. The van der Waals surface area contributed by atoms with Gasteiger partial charge in [-0.15, -0.1) is 11.3 Å². The average molecular weight is 308 g/mol. The number of nitrogens with one attached hydrogen (secondary N) is 2. The fourth-order valence-corrected chi connectivity index (χ4v) is 3.67. The third-order valence-electron chi connectivity index (χ3n) is 3.76. The Morgan fingerprint density at radius 1 is 1.29 bits per heavy atom. The first-order chi connectivity index (χ1) is 10.1. The molecule has 0 aromatic carbocycles. The van der Waals surface area contributed by atoms with Gasteiger partial charge in [0.2, 0.25) is 5.91 Å². The minimum atomic E-state index is -0.494. The number of carbonyl (C=O) groups excluding carboxylic acids is 2. The molecule has 4 nitrogen and oxygen atoms in total. The molecule has 0 aliphatic heterocycles. The van der Waals surface area contributed by atoms with Crippen molar-refractivity contribution in [3.63, 3.8) is 0 Å². The maximum Gasteiger partial charge on any atom is 0.262 e. The van der Waals surface area contributed by atoms with E-state index < -0.39 is 6.04 Å². The number of thiophene rings is 1. The Kier molecular flexibility index (Phi) is 5.79. The molecule has 2 rings (SSSR count). The Bertz CT molecular complexity index is 487. The minimum Gasteiger partial charge on any atom is -0.354 e. The van der Waals surface area contributed by atoms with Crippen molar-refractivity contribution >= 4 is 23.2 Å². The van der Waals surface area contributed by atoms with E-state index in [-0.39, 0.29) is 11.8 Å². The molecule has 2 amide bonds. The van der Waals surface area contributed by atoms with Crippen LogP contribution >= 0.6 is 11.3 Å². The molecule has 0 saturated carbocycles. The van der Waals surface area contributed by atoms with Crippen LogP contribution in [0.4, 0.5) is 0 Å². The van der Waals surface area contributed by atoms with E-state index in [2.05, 4.69) is 10.6 Å². The van der Waals surface area contributed by atoms with Gasteiger partial charge in [-0.25, -0.2) is 0 Å². The normalized spacial score (nSPS) is 15.7. The molecule has 0 bridgehead atoms. The number of hydrogen-bond donors (Lipinski definition) is 2. The second-order valence-corrected chi connectivity index (χ2v) is 6.74. The van der Waals surface area contributed by atoms with Crippen LogP contribution in [0, 0.1) is 0 Å². The Hall–Kier alpha value is -1.36. The maximum absolute atomic E-state index is 12.3. The van der Waals surface area contributed by atoms with Gasteiger partial charge in [0.05, 0.1) is 4.88 Å². The van der Waals surface area contributed by atoms with Gasteiger partial charge in [-0.3, -0.25) is 9.59 Å². The molecule has 1 aliphatic carbocycles. The molecule has 1 aromatic rings. The summed E-state index contributed by atoms with van der Waals surface area (Å²) in [6, 6.07) is 1.52. The first kappa shape index (κ1) is 16.0. The zero-order valence-electron chi connectivity index (χ0n) is 12.8. The highest BCUT2D eigenvalue weighted by molar-refractivity contribution is 7.14. The quantitative estimate of drug-likeness (QED) is 0.822. The molecule has 0 unspecified atom stereocenters. The van der Waals surface area contributed by atoms with Gasteiger partial charge in [0.15, 0.2) is 0 Å². The van der Waals surface area contributed by atoms with Crippen molar-refractivity contribution in [3.05, 3.63) is 21.4 Å². The van der Waals surface area contributed by atoms with E-state index in [0.29, 0.717) is 6.54 Å². The van der Waals surface area contributed by atoms with Crippen LogP contribution in [0.15, 0.2) is 6.07 Å². The van der Waals surface area contributed by atoms with Crippen molar-refractivity contribution < 1.29 is 9.59 Å². The largest absolute Gasteiger partial charge is 0.354 e. The summed E-state index contributed by atoms with van der Waals surface area (Å²) in [4.78, 5) is 26.1. The summed E-state index contributed by atoms with van der Waals surface area (Å²) in [5.74, 6) is -0.254. The van der Waals surface area contributed by atoms with Gasteiger partial charge >= 0.3 is 0 Å². The summed E-state index contributed by atoms with van der Waals surface area (Å²) < 4.78 is 0. The summed E-state index contributed by atoms with van der Waals surface area (Å²) in [5.41, 5.74) is 1.32. The van der Waals surface area contributed by atoms with E-state index in [9.17, 15) is 9.59 Å². The molecular formula is C16H24N2O2S. The molecule has 0 fully saturated rings. The molecule has 1 atom stereocenters. The SMILES string of the molecule is CCCNC(=O)[C@@H](C)NC(=O)c1cc2c(s1)CCCCC2. The fourth-order valence-electron chi connectivity index (χ4n) is 2.51. The monoisotopic (exact) mass is 308 g/mol. The minimum absolute atomic E-state index is 0.122. The summed E-state index contributed by atoms with van der Waals surface area (Å²) in [7, 11) is 0. The third-order valence-corrected chi connectivity index (χ3v) is 5.00. The van der Waals surface area contributed by atoms with Crippen LogP contribution in [0.1, 0.15) is 59.6 Å². The zero-order chi connectivity index (χ0) is 15.2. The Labute approximate surface area is 130 Å². The highest BCUT2D eigenvalue weighted by Gasteiger charge is 2.20. The third kappa shape index (κ3) is 4.30. The predicted molar refractivity (Wildman–Crippen MR) is 85.8 cm³/mol. The van der Waals surface area contributed by atoms with Crippen molar-refractivity contribution in [3.8, 4) is 0 Å². The van der Waals surface area contributed by atoms with Crippen LogP contribution in [0.5, 0.6) is 0 Å². The number of amides is 2. The lowest BCUT2D eigenvalue weighted by atomic mass is 10.1. The Morgan fingerprint density at radius 3 is 2.81 bits per heavy atom. The van der Waals surface area contributed by atoms with Crippen LogP contribution in [0.2, 0.25) is 0 Å². The van der Waals surface area contributed by atoms with Crippen molar-refractivity contribution in [1.29, 1.82) is 0 Å². The number of aryl methyl sites for hydroxylation is 2. The van der Waals surface area contributed by atoms with E-state index in [0.717, 1.165) is 24.1 Å². The van der Waals surface area contributed by atoms with E-state index in [4.69, 9.17) is 0 Å². The lowest BCUT2D eigenvalue weighted by Crippen LogP contribution is -2.44. The molecule has 116 valence electrons. The Balaban J connectivity index is 1.95. The number of hydrogen-bond acceptors (Lipinski definition) is 3. The summed E-state index contributed by atoms with van der Waals surface area (Å²) in [6.07, 6.45) is 6.75. The van der Waals surface area contributed by atoms with E-state index in [1.165, 1.54) is 29.7 Å². The van der Waals surface area contributed by atoms with Gasteiger partial charge in [0.1, 0.15) is 6.04 Å². The van der Waals surface area contributed by atoms with Crippen molar-refractivity contribution in [2.24, 2.45) is 0 Å². The van der Waals surface area contributed by atoms with Gasteiger partial charge in [-0.2, -0.15) is 0 Å². The molecule has 21 heavy (non-hydrogen) atoms. The van der Waals surface area contributed by atoms with Gasteiger partial charge in [0, 0.05) is 11.4 Å². The zero-order valence-corrected chi connectivity index (χ0v) is 13.6. The molecule has 2 N–H and O–H groups in total. The second kappa shape index (κ2) is 7.59. The highest BCUT2D eigenvalue weighted by Crippen LogP contribution is 2.28. The summed E-state index contributed by atoms with van der Waals surface area (Å²) in [6.45, 7) is 4.37. The van der Waals surface area contributed by atoms with E-state index >= 15 is 0 Å².